The van der Waals surface area contributed by atoms with E-state index in [4.69, 9.17) is 13.8 Å². The minimum absolute atomic E-state index is 0.0859. The maximum Gasteiger partial charge on any atom is 0.190 e. The summed E-state index contributed by atoms with van der Waals surface area (Å²) in [4.78, 5) is -1.20. The van der Waals surface area contributed by atoms with Crippen LogP contribution in [-0.2, 0) is 33.2 Å². The first-order chi connectivity index (χ1) is 11.2. The van der Waals surface area contributed by atoms with Crippen molar-refractivity contribution in [2.24, 2.45) is 0 Å². The summed E-state index contributed by atoms with van der Waals surface area (Å²) in [5.41, 5.74) is 0. The lowest BCUT2D eigenvalue weighted by molar-refractivity contribution is 0.430. The van der Waals surface area contributed by atoms with Crippen LogP contribution in [0.1, 0.15) is 0 Å². The number of phenolic OH excluding ortho intramolecular Hbond substituents is 2. The van der Waals surface area contributed by atoms with Crippen LogP contribution in [0.2, 0.25) is 0 Å². The van der Waals surface area contributed by atoms with Crippen molar-refractivity contribution in [2.45, 2.75) is 14.7 Å². The molecule has 5 N–H and O–H groups in total. The Bertz CT molecular complexity index is 865. The fourth-order valence-corrected chi connectivity index (χ4v) is 3.11. The molecule has 0 aliphatic rings. The average molecular weight is 394 g/mol. The van der Waals surface area contributed by atoms with Crippen LogP contribution in [0.25, 0.3) is 0 Å². The molecule has 0 saturated heterocycles. The molecule has 3 unspecified atom stereocenters. The lowest BCUT2D eigenvalue weighted by atomic mass is 10.3. The normalized spacial score (nSPS) is 14.8. The molecule has 0 amide bonds. The van der Waals surface area contributed by atoms with Crippen molar-refractivity contribution in [1.29, 1.82) is 0 Å². The molecule has 0 heterocycles. The van der Waals surface area contributed by atoms with Gasteiger partial charge >= 0.3 is 0 Å². The molecule has 0 saturated carbocycles. The predicted molar refractivity (Wildman–Crippen MR) is 83.4 cm³/mol. The van der Waals surface area contributed by atoms with Crippen molar-refractivity contribution in [1.82, 2.24) is 0 Å². The van der Waals surface area contributed by atoms with Crippen LogP contribution in [0.3, 0.4) is 0 Å². The van der Waals surface area contributed by atoms with Crippen LogP contribution in [0.5, 0.6) is 23.0 Å². The Balaban J connectivity index is 2.54. The van der Waals surface area contributed by atoms with E-state index in [9.17, 15) is 27.4 Å². The summed E-state index contributed by atoms with van der Waals surface area (Å²) in [6.45, 7) is 0. The SMILES string of the molecule is O=S(O)c1cc(Oc2cc(S(=O)O)c(O)cc2S(=O)O)ccc1O. The molecule has 0 aliphatic heterocycles. The number of aromatic hydroxyl groups is 2. The second-order valence-corrected chi connectivity index (χ2v) is 7.06. The zero-order chi connectivity index (χ0) is 18.0. The summed E-state index contributed by atoms with van der Waals surface area (Å²) < 4.78 is 66.2. The van der Waals surface area contributed by atoms with Gasteiger partial charge in [0.15, 0.2) is 33.2 Å². The third-order valence-electron chi connectivity index (χ3n) is 2.75. The number of rotatable bonds is 5. The first kappa shape index (κ1) is 18.5. The van der Waals surface area contributed by atoms with Gasteiger partial charge in [0.1, 0.15) is 37.7 Å². The number of benzene rings is 2. The fourth-order valence-electron chi connectivity index (χ4n) is 1.71. The number of hydrogen-bond acceptors (Lipinski definition) is 6. The smallest absolute Gasteiger partial charge is 0.190 e. The second-order valence-electron chi connectivity index (χ2n) is 4.25. The van der Waals surface area contributed by atoms with Gasteiger partial charge in [0, 0.05) is 18.2 Å². The molecule has 130 valence electrons. The molecule has 24 heavy (non-hydrogen) atoms. The summed E-state index contributed by atoms with van der Waals surface area (Å²) in [6.07, 6.45) is 0. The molecular formula is C12H10O9S3. The molecule has 0 bridgehead atoms. The Morgan fingerprint density at radius 3 is 1.79 bits per heavy atom. The largest absolute Gasteiger partial charge is 0.507 e. The van der Waals surface area contributed by atoms with Gasteiger partial charge in [-0.1, -0.05) is 0 Å². The third kappa shape index (κ3) is 3.98. The quantitative estimate of drug-likeness (QED) is 0.474. The molecule has 2 aromatic rings. The number of hydrogen-bond donors (Lipinski definition) is 5. The maximum absolute atomic E-state index is 11.3. The summed E-state index contributed by atoms with van der Waals surface area (Å²) in [7, 11) is 0. The Labute approximate surface area is 142 Å². The summed E-state index contributed by atoms with van der Waals surface area (Å²) >= 11 is -7.68. The van der Waals surface area contributed by atoms with Gasteiger partial charge in [-0.05, 0) is 12.1 Å². The van der Waals surface area contributed by atoms with Crippen molar-refractivity contribution in [3.8, 4) is 23.0 Å². The van der Waals surface area contributed by atoms with Crippen LogP contribution >= 0.6 is 0 Å². The van der Waals surface area contributed by atoms with Crippen LogP contribution in [-0.4, -0.2) is 36.5 Å². The van der Waals surface area contributed by atoms with Crippen LogP contribution in [0.4, 0.5) is 0 Å². The predicted octanol–water partition coefficient (Wildman–Crippen LogP) is 1.63. The summed E-state index contributed by atoms with van der Waals surface area (Å²) in [5, 5.41) is 19.1. The zero-order valence-electron chi connectivity index (χ0n) is 11.5. The Morgan fingerprint density at radius 2 is 1.25 bits per heavy atom. The Morgan fingerprint density at radius 1 is 0.708 bits per heavy atom. The van der Waals surface area contributed by atoms with Crippen molar-refractivity contribution in [3.05, 3.63) is 30.3 Å². The highest BCUT2D eigenvalue weighted by molar-refractivity contribution is 7.80. The minimum atomic E-state index is -2.59. The first-order valence-electron chi connectivity index (χ1n) is 5.91. The number of phenols is 2. The molecule has 0 aliphatic carbocycles. The van der Waals surface area contributed by atoms with E-state index in [1.807, 2.05) is 0 Å². The zero-order valence-corrected chi connectivity index (χ0v) is 13.9. The van der Waals surface area contributed by atoms with Gasteiger partial charge in [0.2, 0.25) is 0 Å². The molecule has 3 atom stereocenters. The van der Waals surface area contributed by atoms with E-state index in [1.54, 1.807) is 0 Å². The molecule has 2 rings (SSSR count). The monoisotopic (exact) mass is 394 g/mol. The van der Waals surface area contributed by atoms with Gasteiger partial charge in [-0.3, -0.25) is 0 Å². The van der Waals surface area contributed by atoms with E-state index in [2.05, 4.69) is 0 Å². The van der Waals surface area contributed by atoms with Crippen LogP contribution in [0.15, 0.2) is 45.0 Å². The highest BCUT2D eigenvalue weighted by Crippen LogP contribution is 2.36. The average Bonchev–Trinajstić information content (AvgIpc) is 2.49. The fraction of sp³-hybridized carbons (Fsp3) is 0. The van der Waals surface area contributed by atoms with Gasteiger partial charge in [-0.15, -0.1) is 0 Å². The van der Waals surface area contributed by atoms with E-state index in [0.29, 0.717) is 0 Å². The molecule has 9 nitrogen and oxygen atoms in total. The van der Waals surface area contributed by atoms with Crippen molar-refractivity contribution < 1.29 is 41.2 Å². The van der Waals surface area contributed by atoms with Crippen molar-refractivity contribution in [2.75, 3.05) is 0 Å². The summed E-state index contributed by atoms with van der Waals surface area (Å²) in [6, 6.07) is 4.97. The van der Waals surface area contributed by atoms with E-state index >= 15 is 0 Å². The van der Waals surface area contributed by atoms with E-state index in [-0.39, 0.29) is 21.3 Å². The topological polar surface area (TPSA) is 162 Å². The highest BCUT2D eigenvalue weighted by atomic mass is 32.2. The van der Waals surface area contributed by atoms with Gasteiger partial charge in [-0.25, -0.2) is 12.6 Å². The molecule has 0 radical (unpaired) electrons. The molecule has 0 aromatic heterocycles. The Kier molecular flexibility index (Phi) is 5.69. The standard InChI is InChI=1S/C12H10O9S3/c13-7-2-1-6(3-10(7)22(15)16)21-9-5-11(23(17)18)8(14)4-12(9)24(19)20/h1-5,13-14H,(H,15,16)(H,17,18)(H,19,20). The molecule has 2 aromatic carbocycles. The van der Waals surface area contributed by atoms with Gasteiger partial charge < -0.3 is 28.6 Å². The highest BCUT2D eigenvalue weighted by Gasteiger charge is 2.19. The summed E-state index contributed by atoms with van der Waals surface area (Å²) in [5.74, 6) is -1.55. The van der Waals surface area contributed by atoms with Gasteiger partial charge in [0.25, 0.3) is 0 Å². The lowest BCUT2D eigenvalue weighted by Crippen LogP contribution is -1.99. The first-order valence-corrected chi connectivity index (χ1v) is 9.23. The van der Waals surface area contributed by atoms with Crippen molar-refractivity contribution in [3.63, 3.8) is 0 Å². The van der Waals surface area contributed by atoms with E-state index < -0.39 is 49.6 Å². The number of ether oxygens (including phenoxy) is 1. The lowest BCUT2D eigenvalue weighted by Gasteiger charge is -2.12. The molecule has 0 fully saturated rings. The molecule has 0 spiro atoms. The van der Waals surface area contributed by atoms with Crippen molar-refractivity contribution >= 4 is 33.2 Å². The minimum Gasteiger partial charge on any atom is -0.507 e. The Hall–Kier alpha value is -1.83. The molecule has 12 heteroatoms. The molecular weight excluding hydrogens is 384 g/mol. The van der Waals surface area contributed by atoms with Crippen LogP contribution < -0.4 is 4.74 Å². The van der Waals surface area contributed by atoms with Crippen LogP contribution in [0, 0.1) is 0 Å². The maximum atomic E-state index is 11.3. The van der Waals surface area contributed by atoms with Gasteiger partial charge in [-0.2, -0.15) is 0 Å². The second kappa shape index (κ2) is 7.38. The van der Waals surface area contributed by atoms with E-state index in [1.165, 1.54) is 6.07 Å². The van der Waals surface area contributed by atoms with E-state index in [0.717, 1.165) is 24.3 Å². The van der Waals surface area contributed by atoms with Gasteiger partial charge in [0.05, 0.1) is 0 Å². The third-order valence-corrected chi connectivity index (χ3v) is 4.85.